The van der Waals surface area contributed by atoms with Gasteiger partial charge in [-0.15, -0.1) is 0 Å². The highest BCUT2D eigenvalue weighted by Gasteiger charge is 1.96. The third kappa shape index (κ3) is 0.940. The molecule has 0 atom stereocenters. The van der Waals surface area contributed by atoms with Crippen LogP contribution in [0.25, 0.3) is 11.2 Å². The summed E-state index contributed by atoms with van der Waals surface area (Å²) >= 11 is 0. The highest BCUT2D eigenvalue weighted by molar-refractivity contribution is 6.32. The summed E-state index contributed by atoms with van der Waals surface area (Å²) in [5.41, 5.74) is 2.20. The molecule has 2 N–H and O–H groups in total. The van der Waals surface area contributed by atoms with Gasteiger partial charge >= 0.3 is 5.69 Å². The quantitative estimate of drug-likeness (QED) is 0.446. The van der Waals surface area contributed by atoms with Crippen molar-refractivity contribution in [2.24, 2.45) is 0 Å². The molecule has 2 rings (SSSR count). The molecule has 0 aliphatic carbocycles. The Morgan fingerprint density at radius 1 is 1.45 bits per heavy atom. The van der Waals surface area contributed by atoms with Crippen molar-refractivity contribution < 1.29 is 0 Å². The molecule has 2 aromatic heterocycles. The summed E-state index contributed by atoms with van der Waals surface area (Å²) in [5.74, 6) is 0. The van der Waals surface area contributed by atoms with Gasteiger partial charge in [0, 0.05) is 6.20 Å². The molecule has 2 heterocycles. The molecule has 4 nitrogen and oxygen atoms in total. The normalized spacial score (nSPS) is 10.5. The molecule has 0 saturated heterocycles. The maximum absolute atomic E-state index is 10.7. The highest BCUT2D eigenvalue weighted by Crippen LogP contribution is 1.97. The second kappa shape index (κ2) is 1.98. The second-order valence-electron chi connectivity index (χ2n) is 2.49. The number of aromatic amines is 2. The maximum atomic E-state index is 10.7. The van der Waals surface area contributed by atoms with Crippen molar-refractivity contribution in [3.05, 3.63) is 22.7 Å². The molecule has 0 bridgehead atoms. The zero-order chi connectivity index (χ0) is 7.84. The van der Waals surface area contributed by atoms with Crippen molar-refractivity contribution in [3.8, 4) is 0 Å². The maximum Gasteiger partial charge on any atom is 0.325 e. The molecule has 0 aliphatic rings. The van der Waals surface area contributed by atoms with Crippen LogP contribution < -0.4 is 11.2 Å². The lowest BCUT2D eigenvalue weighted by Crippen LogP contribution is -2.01. The van der Waals surface area contributed by atoms with E-state index in [0.29, 0.717) is 5.65 Å². The summed E-state index contributed by atoms with van der Waals surface area (Å²) in [6.45, 7) is 0. The van der Waals surface area contributed by atoms with Crippen LogP contribution in [-0.2, 0) is 0 Å². The molecular formula is C6H6BN3O. The lowest BCUT2D eigenvalue weighted by atomic mass is 9.99. The summed E-state index contributed by atoms with van der Waals surface area (Å²) < 4.78 is 0. The Morgan fingerprint density at radius 2 is 2.27 bits per heavy atom. The molecular weight excluding hydrogens is 141 g/mol. The van der Waals surface area contributed by atoms with E-state index in [0.717, 1.165) is 11.0 Å². The van der Waals surface area contributed by atoms with Crippen LogP contribution in [0.3, 0.4) is 0 Å². The van der Waals surface area contributed by atoms with Crippen LogP contribution in [0.2, 0.25) is 0 Å². The molecule has 11 heavy (non-hydrogen) atoms. The number of hydrogen-bond donors (Lipinski definition) is 2. The molecule has 0 saturated carbocycles. The second-order valence-corrected chi connectivity index (χ2v) is 2.49. The number of H-pyrrole nitrogens is 2. The molecule has 0 aromatic carbocycles. The van der Waals surface area contributed by atoms with Crippen LogP contribution in [-0.4, -0.2) is 22.8 Å². The minimum atomic E-state index is -0.210. The summed E-state index contributed by atoms with van der Waals surface area (Å²) in [7, 11) is 1.93. The third-order valence-electron chi connectivity index (χ3n) is 1.50. The lowest BCUT2D eigenvalue weighted by Gasteiger charge is -1.88. The average Bonchev–Trinajstić information content (AvgIpc) is 2.27. The fourth-order valence-corrected chi connectivity index (χ4v) is 1.03. The van der Waals surface area contributed by atoms with Gasteiger partial charge in [0.2, 0.25) is 0 Å². The van der Waals surface area contributed by atoms with Crippen molar-refractivity contribution >= 4 is 24.5 Å². The molecule has 0 unspecified atom stereocenters. The molecule has 0 amide bonds. The number of nitrogens with zero attached hydrogens (tertiary/aromatic N) is 1. The first-order valence-electron chi connectivity index (χ1n) is 3.30. The monoisotopic (exact) mass is 147 g/mol. The molecule has 0 radical (unpaired) electrons. The number of fused-ring (bicyclic) bond motifs is 1. The Morgan fingerprint density at radius 3 is 3.09 bits per heavy atom. The Balaban J connectivity index is 2.92. The fraction of sp³-hybridized carbons (Fsp3) is 0. The summed E-state index contributed by atoms with van der Waals surface area (Å²) in [5, 5.41) is 0. The van der Waals surface area contributed by atoms with Gasteiger partial charge in [-0.2, -0.15) is 0 Å². The van der Waals surface area contributed by atoms with Gasteiger partial charge in [-0.25, -0.2) is 9.78 Å². The first-order valence-corrected chi connectivity index (χ1v) is 3.30. The van der Waals surface area contributed by atoms with Crippen LogP contribution in [0.15, 0.2) is 17.1 Å². The van der Waals surface area contributed by atoms with Gasteiger partial charge in [0.05, 0.1) is 5.52 Å². The van der Waals surface area contributed by atoms with Gasteiger partial charge in [-0.1, -0.05) is 5.46 Å². The summed E-state index contributed by atoms with van der Waals surface area (Å²) in [4.78, 5) is 20.0. The largest absolute Gasteiger partial charge is 0.325 e. The van der Waals surface area contributed by atoms with E-state index in [2.05, 4.69) is 15.0 Å². The van der Waals surface area contributed by atoms with Gasteiger partial charge in [-0.05, 0) is 6.07 Å². The van der Waals surface area contributed by atoms with E-state index in [1.807, 2.05) is 13.9 Å². The van der Waals surface area contributed by atoms with E-state index in [4.69, 9.17) is 0 Å². The fourth-order valence-electron chi connectivity index (χ4n) is 1.03. The zero-order valence-corrected chi connectivity index (χ0v) is 6.01. The number of aromatic nitrogens is 3. The van der Waals surface area contributed by atoms with E-state index in [9.17, 15) is 4.79 Å². The smallest absolute Gasteiger partial charge is 0.304 e. The number of imidazole rings is 1. The first kappa shape index (κ1) is 6.21. The highest BCUT2D eigenvalue weighted by atomic mass is 16.1. The van der Waals surface area contributed by atoms with E-state index >= 15 is 0 Å². The number of pyridine rings is 1. The van der Waals surface area contributed by atoms with Crippen LogP contribution >= 0.6 is 0 Å². The topological polar surface area (TPSA) is 61.5 Å². The minimum Gasteiger partial charge on any atom is -0.304 e. The molecule has 5 heteroatoms. The van der Waals surface area contributed by atoms with Crippen LogP contribution in [0, 0.1) is 0 Å². The van der Waals surface area contributed by atoms with Gasteiger partial charge in [-0.3, -0.25) is 4.98 Å². The Kier molecular flexibility index (Phi) is 1.12. The molecule has 0 fully saturated rings. The van der Waals surface area contributed by atoms with Gasteiger partial charge < -0.3 is 4.98 Å². The van der Waals surface area contributed by atoms with Gasteiger partial charge in [0.25, 0.3) is 0 Å². The molecule has 0 aliphatic heterocycles. The van der Waals surface area contributed by atoms with Crippen molar-refractivity contribution in [2.45, 2.75) is 0 Å². The predicted octanol–water partition coefficient (Wildman–Crippen LogP) is -1.49. The van der Waals surface area contributed by atoms with Crippen LogP contribution in [0.5, 0.6) is 0 Å². The minimum absolute atomic E-state index is 0.210. The SMILES string of the molecule is Bc1cnc2[nH]c(=O)[nH]c2c1. The van der Waals surface area contributed by atoms with Crippen LogP contribution in [0.4, 0.5) is 0 Å². The summed E-state index contributed by atoms with van der Waals surface area (Å²) in [6.07, 6.45) is 1.71. The Hall–Kier alpha value is -1.52. The standard InChI is InChI=1S/C6H6BN3O/c7-3-1-4-5(8-2-3)10-6(11)9-4/h1-2H,7H2,(H2,8,9,10,11). The number of hydrogen-bond acceptors (Lipinski definition) is 2. The van der Waals surface area contributed by atoms with Crippen molar-refractivity contribution in [1.82, 2.24) is 15.0 Å². The molecule has 0 spiro atoms. The molecule has 2 aromatic rings. The van der Waals surface area contributed by atoms with Crippen molar-refractivity contribution in [2.75, 3.05) is 0 Å². The Bertz CT molecular complexity index is 444. The van der Waals surface area contributed by atoms with Crippen molar-refractivity contribution in [1.29, 1.82) is 0 Å². The van der Waals surface area contributed by atoms with Crippen LogP contribution in [0.1, 0.15) is 0 Å². The number of rotatable bonds is 0. The Labute approximate surface area is 63.1 Å². The average molecular weight is 147 g/mol. The number of nitrogens with one attached hydrogen (secondary N) is 2. The zero-order valence-electron chi connectivity index (χ0n) is 6.01. The van der Waals surface area contributed by atoms with Crippen molar-refractivity contribution in [3.63, 3.8) is 0 Å². The third-order valence-corrected chi connectivity index (χ3v) is 1.50. The summed E-state index contributed by atoms with van der Waals surface area (Å²) in [6, 6.07) is 1.88. The predicted molar refractivity (Wildman–Crippen MR) is 44.9 cm³/mol. The van der Waals surface area contributed by atoms with Gasteiger partial charge in [0.1, 0.15) is 7.85 Å². The van der Waals surface area contributed by atoms with E-state index in [-0.39, 0.29) is 5.69 Å². The molecule has 54 valence electrons. The first-order chi connectivity index (χ1) is 5.25. The van der Waals surface area contributed by atoms with E-state index in [1.54, 1.807) is 6.20 Å². The van der Waals surface area contributed by atoms with E-state index in [1.165, 1.54) is 0 Å². The lowest BCUT2D eigenvalue weighted by molar-refractivity contribution is 1.20. The van der Waals surface area contributed by atoms with Gasteiger partial charge in [0.15, 0.2) is 5.65 Å². The van der Waals surface area contributed by atoms with E-state index < -0.39 is 0 Å².